The van der Waals surface area contributed by atoms with Gasteiger partial charge in [0.25, 0.3) is 0 Å². The van der Waals surface area contributed by atoms with Gasteiger partial charge in [0.2, 0.25) is 0 Å². The number of rotatable bonds is 8. The molecule has 0 heterocycles. The van der Waals surface area contributed by atoms with Crippen molar-refractivity contribution in [1.82, 2.24) is 0 Å². The number of alkyl halides is 18. The van der Waals surface area contributed by atoms with E-state index in [9.17, 15) is 84.5 Å². The highest BCUT2D eigenvalue weighted by atomic mass is 79.9. The Balaban J connectivity index is 0.000000264. The van der Waals surface area contributed by atoms with Gasteiger partial charge in [0.15, 0.2) is 5.78 Å². The Morgan fingerprint density at radius 1 is 0.741 bits per heavy atom. The quantitative estimate of drug-likeness (QED) is 0.160. The lowest BCUT2D eigenvalue weighted by molar-refractivity contribution is -0.457. The number of carbonyl (C=O) groups is 1. The van der Waals surface area contributed by atoms with Gasteiger partial charge in [-0.25, -0.2) is 0 Å². The lowest BCUT2D eigenvalue weighted by atomic mass is 9.51. The molecule has 0 aliphatic heterocycles. The van der Waals surface area contributed by atoms with Crippen LogP contribution in [0.5, 0.6) is 0 Å². The summed E-state index contributed by atoms with van der Waals surface area (Å²) >= 11 is 0.360. The van der Waals surface area contributed by atoms with Gasteiger partial charge >= 0.3 is 46.5 Å². The zero-order valence-corrected chi connectivity index (χ0v) is 32.3. The molecule has 5 atom stereocenters. The zero-order chi connectivity index (χ0) is 44.7. The number of nitrogens with zero attached hydrogens (tertiary/aromatic N) is 1. The third-order valence-corrected chi connectivity index (χ3v) is 12.2. The molecule has 58 heavy (non-hydrogen) atoms. The summed E-state index contributed by atoms with van der Waals surface area (Å²) < 4.78 is 212. The second kappa shape index (κ2) is 14.9. The second-order valence-electron chi connectivity index (χ2n) is 15.2. The highest BCUT2D eigenvalue weighted by Gasteiger charge is 2.95. The van der Waals surface area contributed by atoms with Crippen LogP contribution in [-0.4, -0.2) is 77.1 Å². The maximum atomic E-state index is 12.9. The van der Waals surface area contributed by atoms with E-state index in [2.05, 4.69) is 62.0 Å². The van der Waals surface area contributed by atoms with Crippen LogP contribution in [0.2, 0.25) is 0 Å². The highest BCUT2D eigenvalue weighted by molar-refractivity contribution is 9.10. The van der Waals surface area contributed by atoms with Crippen molar-refractivity contribution in [3.8, 4) is 11.8 Å². The third-order valence-electron chi connectivity index (χ3n) is 11.7. The summed E-state index contributed by atoms with van der Waals surface area (Å²) in [5.74, 6) is -41.8. The predicted molar refractivity (Wildman–Crippen MR) is 179 cm³/mol. The molecular weight excluding hydrogens is 893 g/mol. The van der Waals surface area contributed by atoms with E-state index in [0.29, 0.717) is 34.2 Å². The molecule has 21 heteroatoms. The minimum atomic E-state index is -8.58. The fourth-order valence-electron chi connectivity index (χ4n) is 8.53. The summed E-state index contributed by atoms with van der Waals surface area (Å²) in [6.07, 6.45) is 0.490. The number of halogens is 18. The van der Waals surface area contributed by atoms with E-state index in [0.717, 1.165) is 38.5 Å². The fraction of sp³-hybridized carbons (Fsp3) is 0.649. The first kappa shape index (κ1) is 47.7. The summed E-state index contributed by atoms with van der Waals surface area (Å²) in [4.78, 5) is 7.81. The van der Waals surface area contributed by atoms with Crippen LogP contribution in [-0.2, 0) is 4.79 Å². The standard InChI is InChI=1S/C29H35NO2.C8BrF17/c1-5-15-29(32)16-14-26-24-12-8-20-17-22(31)11-13-23(20)27(24)25(18-28(26,29)2)19-6-9-21(10-7-19)30(3)4;9-7(22,23)5(18,19)3(14,15)1(10,11)2(12,13)4(16,17)6(20,21)8(24,25)26/h6-7,9-10,17,24-26,32H,8,11-14,16,18H2,1-4H3;/t24-,25+,26-,28-,29-;/m0./s1. The second-order valence-corrected chi connectivity index (χ2v) is 16.2. The van der Waals surface area contributed by atoms with Gasteiger partial charge in [-0.1, -0.05) is 30.6 Å². The predicted octanol–water partition coefficient (Wildman–Crippen LogP) is 11.8. The van der Waals surface area contributed by atoms with Crippen molar-refractivity contribution in [1.29, 1.82) is 0 Å². The van der Waals surface area contributed by atoms with Crippen molar-refractivity contribution in [2.24, 2.45) is 17.3 Å². The molecule has 0 spiro atoms. The molecule has 5 rings (SSSR count). The van der Waals surface area contributed by atoms with E-state index in [-0.39, 0.29) is 17.1 Å². The Kier molecular flexibility index (Phi) is 12.2. The molecule has 0 aromatic heterocycles. The van der Waals surface area contributed by atoms with Crippen LogP contribution >= 0.6 is 15.9 Å². The Labute approximate surface area is 329 Å². The fourth-order valence-corrected chi connectivity index (χ4v) is 8.77. The molecule has 0 saturated heterocycles. The third kappa shape index (κ3) is 7.10. The molecule has 0 bridgehead atoms. The molecule has 1 aromatic rings. The summed E-state index contributed by atoms with van der Waals surface area (Å²) in [7, 11) is 4.14. The summed E-state index contributed by atoms with van der Waals surface area (Å²) in [5.41, 5.74) is 5.71. The van der Waals surface area contributed by atoms with E-state index in [4.69, 9.17) is 0 Å². The molecule has 0 amide bonds. The number of anilines is 1. The van der Waals surface area contributed by atoms with E-state index < -0.39 is 52.1 Å². The van der Waals surface area contributed by atoms with Crippen LogP contribution in [0, 0.1) is 29.1 Å². The maximum Gasteiger partial charge on any atom is 0.460 e. The molecule has 2 fully saturated rings. The van der Waals surface area contributed by atoms with E-state index in [1.807, 2.05) is 13.0 Å². The van der Waals surface area contributed by atoms with Crippen molar-refractivity contribution < 1.29 is 84.5 Å². The summed E-state index contributed by atoms with van der Waals surface area (Å²) in [6, 6.07) is 8.97. The van der Waals surface area contributed by atoms with Crippen molar-refractivity contribution in [2.45, 2.75) is 117 Å². The highest BCUT2D eigenvalue weighted by Crippen LogP contribution is 2.67. The van der Waals surface area contributed by atoms with E-state index in [1.54, 1.807) is 5.57 Å². The van der Waals surface area contributed by atoms with Gasteiger partial charge in [-0.05, 0) is 108 Å². The molecule has 1 aromatic carbocycles. The number of hydrogen-bond acceptors (Lipinski definition) is 3. The first-order valence-electron chi connectivity index (χ1n) is 17.3. The number of fused-ring (bicyclic) bond motifs is 4. The van der Waals surface area contributed by atoms with E-state index >= 15 is 0 Å². The normalized spacial score (nSPS) is 27.3. The number of carbonyl (C=O) groups excluding carboxylic acids is 1. The van der Waals surface area contributed by atoms with Crippen LogP contribution in [0.1, 0.15) is 70.3 Å². The Morgan fingerprint density at radius 2 is 1.24 bits per heavy atom. The van der Waals surface area contributed by atoms with Crippen LogP contribution in [0.15, 0.2) is 47.1 Å². The molecule has 0 radical (unpaired) electrons. The van der Waals surface area contributed by atoms with Gasteiger partial charge < -0.3 is 10.0 Å². The monoisotopic (exact) mass is 927 g/mol. The molecule has 3 nitrogen and oxygen atoms in total. The molecule has 0 unspecified atom stereocenters. The van der Waals surface area contributed by atoms with E-state index in [1.165, 1.54) is 22.4 Å². The Morgan fingerprint density at radius 3 is 1.71 bits per heavy atom. The molecule has 326 valence electrons. The van der Waals surface area contributed by atoms with Crippen molar-refractivity contribution in [3.05, 3.63) is 52.6 Å². The number of benzene rings is 1. The van der Waals surface area contributed by atoms with Crippen LogP contribution < -0.4 is 4.90 Å². The average Bonchev–Trinajstić information content (AvgIpc) is 3.35. The molecular formula is C37H35BrF17NO2. The zero-order valence-electron chi connectivity index (χ0n) is 30.7. The van der Waals surface area contributed by atoms with Crippen molar-refractivity contribution >= 4 is 27.4 Å². The SMILES string of the molecule is CC#C[C@]1(O)CC[C@H]2[C@@H]3CCC4=CC(=O)CCC4=C3[C@@H](c3ccc(N(C)C)cc3)C[C@@]21C.FC(F)(F)C(F)(F)C(F)(F)C(F)(F)C(F)(F)C(F)(F)C(F)(F)C(F)(F)Br. The topological polar surface area (TPSA) is 40.5 Å². The molecule has 2 saturated carbocycles. The van der Waals surface area contributed by atoms with Gasteiger partial charge in [-0.2, -0.15) is 74.6 Å². The van der Waals surface area contributed by atoms with Gasteiger partial charge in [-0.15, -0.1) is 5.92 Å². The van der Waals surface area contributed by atoms with Gasteiger partial charge in [0.1, 0.15) is 5.60 Å². The Bertz CT molecular complexity index is 1820. The summed E-state index contributed by atoms with van der Waals surface area (Å²) in [5, 5.41) is 11.7. The van der Waals surface area contributed by atoms with Crippen LogP contribution in [0.25, 0.3) is 0 Å². The Hall–Kier alpha value is -3.02. The lowest BCUT2D eigenvalue weighted by Gasteiger charge is -2.53. The largest absolute Gasteiger partial charge is 0.460 e. The maximum absolute atomic E-state index is 12.9. The first-order valence-corrected chi connectivity index (χ1v) is 18.1. The van der Waals surface area contributed by atoms with Crippen LogP contribution in [0.3, 0.4) is 0 Å². The minimum absolute atomic E-state index is 0.221. The van der Waals surface area contributed by atoms with Gasteiger partial charge in [0.05, 0.1) is 0 Å². The molecule has 4 aliphatic carbocycles. The van der Waals surface area contributed by atoms with Crippen molar-refractivity contribution in [2.75, 3.05) is 19.0 Å². The number of aliphatic hydroxyl groups is 1. The number of allylic oxidation sites excluding steroid dienone is 4. The molecule has 1 N–H and O–H groups in total. The summed E-state index contributed by atoms with van der Waals surface area (Å²) in [6.45, 7) is 4.15. The molecule has 4 aliphatic rings. The van der Waals surface area contributed by atoms with Crippen molar-refractivity contribution in [3.63, 3.8) is 0 Å². The minimum Gasteiger partial charge on any atom is -0.378 e. The van der Waals surface area contributed by atoms with Gasteiger partial charge in [0, 0.05) is 37.5 Å². The van der Waals surface area contributed by atoms with Gasteiger partial charge in [-0.3, -0.25) is 4.79 Å². The number of ketones is 1. The number of hydrogen-bond donors (Lipinski definition) is 1. The average molecular weight is 929 g/mol. The lowest BCUT2D eigenvalue weighted by Crippen LogP contribution is -2.74. The smallest absolute Gasteiger partial charge is 0.378 e. The first-order chi connectivity index (χ1) is 26.0. The van der Waals surface area contributed by atoms with Crippen LogP contribution in [0.4, 0.5) is 80.3 Å².